The molecule has 0 aliphatic rings. The molecule has 0 aliphatic heterocycles. The number of halogens is 1. The zero-order valence-corrected chi connectivity index (χ0v) is 9.87. The molecule has 0 atom stereocenters. The van der Waals surface area contributed by atoms with Gasteiger partial charge in [0.05, 0.1) is 5.02 Å². The van der Waals surface area contributed by atoms with E-state index in [4.69, 9.17) is 17.3 Å². The molecule has 0 spiro atoms. The van der Waals surface area contributed by atoms with E-state index in [1.54, 1.807) is 18.5 Å². The summed E-state index contributed by atoms with van der Waals surface area (Å²) in [6.07, 6.45) is 3.23. The maximum atomic E-state index is 5.75. The van der Waals surface area contributed by atoms with Gasteiger partial charge < -0.3 is 5.73 Å². The maximum Gasteiger partial charge on any atom is 0.129 e. The summed E-state index contributed by atoms with van der Waals surface area (Å²) in [5.41, 5.74) is 6.56. The molecule has 0 unspecified atom stereocenters. The van der Waals surface area contributed by atoms with Crippen molar-refractivity contribution < 1.29 is 0 Å². The van der Waals surface area contributed by atoms with Crippen LogP contribution in [0.2, 0.25) is 5.02 Å². The van der Waals surface area contributed by atoms with Crippen molar-refractivity contribution in [1.29, 1.82) is 0 Å². The first-order valence-electron chi connectivity index (χ1n) is 4.59. The molecule has 0 saturated carbocycles. The van der Waals surface area contributed by atoms with Crippen LogP contribution >= 0.6 is 23.4 Å². The lowest BCUT2D eigenvalue weighted by Crippen LogP contribution is -2.00. The first-order chi connectivity index (χ1) is 7.79. The Bertz CT molecular complexity index is 475. The van der Waals surface area contributed by atoms with Gasteiger partial charge in [0.25, 0.3) is 0 Å². The zero-order chi connectivity index (χ0) is 11.4. The fraction of sp³-hybridized carbons (Fsp3) is 0.100. The van der Waals surface area contributed by atoms with Crippen LogP contribution in [0.25, 0.3) is 0 Å². The zero-order valence-electron chi connectivity index (χ0n) is 8.30. The molecule has 6 heteroatoms. The molecule has 2 heterocycles. The lowest BCUT2D eigenvalue weighted by Gasteiger charge is -2.03. The van der Waals surface area contributed by atoms with Crippen molar-refractivity contribution in [2.45, 2.75) is 16.6 Å². The summed E-state index contributed by atoms with van der Waals surface area (Å²) in [7, 11) is 0. The van der Waals surface area contributed by atoms with Gasteiger partial charge in [0, 0.05) is 24.5 Å². The Morgan fingerprint density at radius 1 is 1.31 bits per heavy atom. The normalized spacial score (nSPS) is 10.4. The second-order valence-corrected chi connectivity index (χ2v) is 4.43. The quantitative estimate of drug-likeness (QED) is 0.907. The third-order valence-corrected chi connectivity index (χ3v) is 3.10. The van der Waals surface area contributed by atoms with E-state index in [9.17, 15) is 0 Å². The number of nitrogens with zero attached hydrogens (tertiary/aromatic N) is 3. The van der Waals surface area contributed by atoms with Gasteiger partial charge in [-0.25, -0.2) is 4.98 Å². The van der Waals surface area contributed by atoms with Crippen molar-refractivity contribution in [3.8, 4) is 0 Å². The van der Waals surface area contributed by atoms with Crippen molar-refractivity contribution in [3.63, 3.8) is 0 Å². The van der Waals surface area contributed by atoms with Crippen LogP contribution in [0.5, 0.6) is 0 Å². The van der Waals surface area contributed by atoms with Crippen LogP contribution < -0.4 is 5.73 Å². The second-order valence-electron chi connectivity index (χ2n) is 2.98. The predicted octanol–water partition coefficient (Wildman–Crippen LogP) is 2.13. The SMILES string of the molecule is NCc1ccnnc1Sc1ccc(Cl)cn1. The van der Waals surface area contributed by atoms with E-state index < -0.39 is 0 Å². The Balaban J connectivity index is 2.23. The van der Waals surface area contributed by atoms with Gasteiger partial charge in [-0.1, -0.05) is 11.6 Å². The average Bonchev–Trinajstić information content (AvgIpc) is 2.33. The molecule has 2 rings (SSSR count). The van der Waals surface area contributed by atoms with Crippen LogP contribution in [0.4, 0.5) is 0 Å². The highest BCUT2D eigenvalue weighted by Gasteiger charge is 2.05. The van der Waals surface area contributed by atoms with Gasteiger partial charge in [0.2, 0.25) is 0 Å². The minimum atomic E-state index is 0.436. The van der Waals surface area contributed by atoms with E-state index in [-0.39, 0.29) is 0 Å². The number of hydrogen-bond donors (Lipinski definition) is 1. The van der Waals surface area contributed by atoms with Crippen molar-refractivity contribution in [2.75, 3.05) is 0 Å². The highest BCUT2D eigenvalue weighted by atomic mass is 35.5. The summed E-state index contributed by atoms with van der Waals surface area (Å²) in [5.74, 6) is 0. The van der Waals surface area contributed by atoms with E-state index in [0.717, 1.165) is 15.6 Å². The summed E-state index contributed by atoms with van der Waals surface area (Å²) in [5, 5.41) is 10.1. The van der Waals surface area contributed by atoms with Gasteiger partial charge >= 0.3 is 0 Å². The largest absolute Gasteiger partial charge is 0.326 e. The maximum absolute atomic E-state index is 5.75. The molecule has 16 heavy (non-hydrogen) atoms. The van der Waals surface area contributed by atoms with Crippen LogP contribution in [0.15, 0.2) is 40.6 Å². The minimum Gasteiger partial charge on any atom is -0.326 e. The molecule has 0 aromatic carbocycles. The van der Waals surface area contributed by atoms with E-state index in [1.807, 2.05) is 12.1 Å². The van der Waals surface area contributed by atoms with E-state index in [2.05, 4.69) is 15.2 Å². The van der Waals surface area contributed by atoms with Crippen LogP contribution in [-0.2, 0) is 6.54 Å². The Morgan fingerprint density at radius 3 is 2.88 bits per heavy atom. The molecule has 2 N–H and O–H groups in total. The van der Waals surface area contributed by atoms with Crippen molar-refractivity contribution in [2.24, 2.45) is 5.73 Å². The lowest BCUT2D eigenvalue weighted by atomic mass is 10.3. The average molecular weight is 253 g/mol. The molecule has 0 bridgehead atoms. The van der Waals surface area contributed by atoms with E-state index in [0.29, 0.717) is 11.6 Å². The predicted molar refractivity (Wildman–Crippen MR) is 63.3 cm³/mol. The third-order valence-electron chi connectivity index (χ3n) is 1.89. The fourth-order valence-corrected chi connectivity index (χ4v) is 2.03. The highest BCUT2D eigenvalue weighted by Crippen LogP contribution is 2.26. The molecule has 2 aromatic heterocycles. The minimum absolute atomic E-state index is 0.436. The van der Waals surface area contributed by atoms with E-state index >= 15 is 0 Å². The van der Waals surface area contributed by atoms with Crippen LogP contribution in [-0.4, -0.2) is 15.2 Å². The number of rotatable bonds is 3. The molecule has 0 saturated heterocycles. The number of hydrogen-bond acceptors (Lipinski definition) is 5. The summed E-state index contributed by atoms with van der Waals surface area (Å²) < 4.78 is 0. The lowest BCUT2D eigenvalue weighted by molar-refractivity contribution is 0.865. The summed E-state index contributed by atoms with van der Waals surface area (Å²) >= 11 is 7.18. The van der Waals surface area contributed by atoms with Gasteiger partial charge in [-0.05, 0) is 30.0 Å². The van der Waals surface area contributed by atoms with Gasteiger partial charge in [0.15, 0.2) is 0 Å². The molecular weight excluding hydrogens is 244 g/mol. The summed E-state index contributed by atoms with van der Waals surface area (Å²) in [6.45, 7) is 0.436. The molecular formula is C10H9ClN4S. The second kappa shape index (κ2) is 5.25. The smallest absolute Gasteiger partial charge is 0.129 e. The number of nitrogens with two attached hydrogens (primary N) is 1. The van der Waals surface area contributed by atoms with Gasteiger partial charge in [-0.3, -0.25) is 0 Å². The molecule has 0 aliphatic carbocycles. The van der Waals surface area contributed by atoms with Crippen LogP contribution in [0.1, 0.15) is 5.56 Å². The standard InChI is InChI=1S/C10H9ClN4S/c11-8-1-2-9(13-6-8)16-10-7(5-12)3-4-14-15-10/h1-4,6H,5,12H2. The van der Waals surface area contributed by atoms with Crippen LogP contribution in [0, 0.1) is 0 Å². The van der Waals surface area contributed by atoms with Crippen molar-refractivity contribution >= 4 is 23.4 Å². The third kappa shape index (κ3) is 2.69. The molecule has 4 nitrogen and oxygen atoms in total. The Labute approximate surface area is 102 Å². The first kappa shape index (κ1) is 11.3. The van der Waals surface area contributed by atoms with Crippen molar-refractivity contribution in [1.82, 2.24) is 15.2 Å². The van der Waals surface area contributed by atoms with Gasteiger partial charge in [0.1, 0.15) is 10.1 Å². The molecule has 0 radical (unpaired) electrons. The Hall–Kier alpha value is -1.17. The monoisotopic (exact) mass is 252 g/mol. The van der Waals surface area contributed by atoms with Gasteiger partial charge in [-0.2, -0.15) is 5.10 Å². The van der Waals surface area contributed by atoms with E-state index in [1.165, 1.54) is 11.8 Å². The summed E-state index contributed by atoms with van der Waals surface area (Å²) in [6, 6.07) is 5.47. The van der Waals surface area contributed by atoms with Crippen molar-refractivity contribution in [3.05, 3.63) is 41.2 Å². The molecule has 0 amide bonds. The van der Waals surface area contributed by atoms with Crippen LogP contribution in [0.3, 0.4) is 0 Å². The Kier molecular flexibility index (Phi) is 3.71. The first-order valence-corrected chi connectivity index (χ1v) is 5.79. The Morgan fingerprint density at radius 2 is 2.19 bits per heavy atom. The fourth-order valence-electron chi connectivity index (χ4n) is 1.11. The topological polar surface area (TPSA) is 64.7 Å². The molecule has 82 valence electrons. The molecule has 0 fully saturated rings. The molecule has 2 aromatic rings. The number of pyridine rings is 1. The summed E-state index contributed by atoms with van der Waals surface area (Å²) in [4.78, 5) is 4.17. The van der Waals surface area contributed by atoms with Gasteiger partial charge in [-0.15, -0.1) is 5.10 Å². The highest BCUT2D eigenvalue weighted by molar-refractivity contribution is 7.99. The number of aromatic nitrogens is 3.